The van der Waals surface area contributed by atoms with E-state index in [4.69, 9.17) is 5.11 Å². The number of nitrogens with zero attached hydrogens (tertiary/aromatic N) is 2. The maximum Gasteiger partial charge on any atom is 0.301 e. The minimum atomic E-state index is -3.57. The molecule has 6 nitrogen and oxygen atoms in total. The summed E-state index contributed by atoms with van der Waals surface area (Å²) in [7, 11) is -3.57. The van der Waals surface area contributed by atoms with Gasteiger partial charge in [-0.15, -0.1) is 0 Å². The molecule has 2 N–H and O–H groups in total. The molecule has 2 rings (SSSR count). The van der Waals surface area contributed by atoms with Gasteiger partial charge in [-0.3, -0.25) is 9.71 Å². The third-order valence-corrected chi connectivity index (χ3v) is 4.82. The number of hydrogen-bond donors (Lipinski definition) is 2. The molecule has 19 heavy (non-hydrogen) atoms. The van der Waals surface area contributed by atoms with Crippen molar-refractivity contribution in [1.29, 1.82) is 0 Å². The van der Waals surface area contributed by atoms with E-state index in [1.54, 1.807) is 25.3 Å². The first-order valence-electron chi connectivity index (χ1n) is 6.33. The van der Waals surface area contributed by atoms with Gasteiger partial charge in [-0.2, -0.15) is 12.7 Å². The molecule has 0 aromatic carbocycles. The van der Waals surface area contributed by atoms with Crippen LogP contribution in [-0.2, 0) is 10.2 Å². The highest BCUT2D eigenvalue weighted by molar-refractivity contribution is 7.90. The summed E-state index contributed by atoms with van der Waals surface area (Å²) in [5, 5.41) is 9.16. The van der Waals surface area contributed by atoms with Crippen molar-refractivity contribution in [3.05, 3.63) is 24.0 Å². The fourth-order valence-electron chi connectivity index (χ4n) is 2.19. The Balaban J connectivity index is 2.12. The smallest absolute Gasteiger partial charge is 0.301 e. The van der Waals surface area contributed by atoms with E-state index in [1.807, 2.05) is 0 Å². The fourth-order valence-corrected chi connectivity index (χ4v) is 3.59. The Hall–Kier alpha value is -1.18. The van der Waals surface area contributed by atoms with Gasteiger partial charge in [-0.1, -0.05) is 0 Å². The molecule has 106 valence electrons. The Morgan fingerprint density at radius 2 is 2.37 bits per heavy atom. The number of aromatic nitrogens is 1. The first-order valence-corrected chi connectivity index (χ1v) is 7.77. The van der Waals surface area contributed by atoms with E-state index in [0.29, 0.717) is 24.5 Å². The van der Waals surface area contributed by atoms with E-state index in [2.05, 4.69) is 9.71 Å². The number of aliphatic hydroxyl groups excluding tert-OH is 1. The summed E-state index contributed by atoms with van der Waals surface area (Å²) in [6.07, 6.45) is 3.27. The van der Waals surface area contributed by atoms with Crippen LogP contribution in [0.15, 0.2) is 18.3 Å². The molecule has 1 saturated heterocycles. The zero-order valence-corrected chi connectivity index (χ0v) is 11.7. The van der Waals surface area contributed by atoms with Gasteiger partial charge in [0.2, 0.25) is 0 Å². The molecule has 1 aliphatic rings. The van der Waals surface area contributed by atoms with Crippen LogP contribution in [0.25, 0.3) is 0 Å². The second-order valence-electron chi connectivity index (χ2n) is 4.79. The first kappa shape index (κ1) is 14.2. The summed E-state index contributed by atoms with van der Waals surface area (Å²) in [5.74, 6) is 0.0281. The van der Waals surface area contributed by atoms with Gasteiger partial charge in [0, 0.05) is 25.9 Å². The summed E-state index contributed by atoms with van der Waals surface area (Å²) in [6, 6.07) is 3.38. The minimum absolute atomic E-state index is 0.0257. The molecule has 1 unspecified atom stereocenters. The largest absolute Gasteiger partial charge is 0.396 e. The number of piperidine rings is 1. The third-order valence-electron chi connectivity index (χ3n) is 3.33. The van der Waals surface area contributed by atoms with Gasteiger partial charge in [-0.05, 0) is 37.8 Å². The van der Waals surface area contributed by atoms with Crippen molar-refractivity contribution in [3.8, 4) is 0 Å². The molecule has 0 aliphatic carbocycles. The maximum absolute atomic E-state index is 12.3. The van der Waals surface area contributed by atoms with Gasteiger partial charge in [-0.25, -0.2) is 0 Å². The SMILES string of the molecule is Cc1ncccc1NS(=O)(=O)N1CCCC(CO)C1. The number of anilines is 1. The molecule has 1 atom stereocenters. The van der Waals surface area contributed by atoms with Crippen LogP contribution in [0.1, 0.15) is 18.5 Å². The molecule has 7 heteroatoms. The van der Waals surface area contributed by atoms with Crippen LogP contribution in [0, 0.1) is 12.8 Å². The minimum Gasteiger partial charge on any atom is -0.396 e. The number of pyridine rings is 1. The highest BCUT2D eigenvalue weighted by Gasteiger charge is 2.28. The summed E-state index contributed by atoms with van der Waals surface area (Å²) in [6.45, 7) is 2.64. The molecule has 0 bridgehead atoms. The molecular weight excluding hydrogens is 266 g/mol. The van der Waals surface area contributed by atoms with Gasteiger partial charge in [0.25, 0.3) is 0 Å². The zero-order valence-electron chi connectivity index (χ0n) is 10.9. The topological polar surface area (TPSA) is 82.5 Å². The van der Waals surface area contributed by atoms with E-state index in [-0.39, 0.29) is 12.5 Å². The van der Waals surface area contributed by atoms with E-state index in [9.17, 15) is 8.42 Å². The average Bonchev–Trinajstić information content (AvgIpc) is 2.41. The first-order chi connectivity index (χ1) is 9.03. The molecule has 0 saturated carbocycles. The van der Waals surface area contributed by atoms with Gasteiger partial charge < -0.3 is 5.11 Å². The Bertz CT molecular complexity index is 533. The maximum atomic E-state index is 12.3. The standard InChI is InChI=1S/C12H19N3O3S/c1-10-12(5-2-6-13-10)14-19(17,18)15-7-3-4-11(8-15)9-16/h2,5-6,11,14,16H,3-4,7-9H2,1H3. The Kier molecular flexibility index (Phi) is 4.38. The molecule has 0 amide bonds. The zero-order chi connectivity index (χ0) is 13.9. The predicted molar refractivity (Wildman–Crippen MR) is 72.9 cm³/mol. The Morgan fingerprint density at radius 3 is 3.05 bits per heavy atom. The van der Waals surface area contributed by atoms with Crippen molar-refractivity contribution in [2.75, 3.05) is 24.4 Å². The number of aryl methyl sites for hydroxylation is 1. The van der Waals surface area contributed by atoms with Crippen LogP contribution in [0.5, 0.6) is 0 Å². The number of nitrogens with one attached hydrogen (secondary N) is 1. The lowest BCUT2D eigenvalue weighted by atomic mass is 10.0. The van der Waals surface area contributed by atoms with E-state index in [0.717, 1.165) is 12.8 Å². The van der Waals surface area contributed by atoms with Crippen molar-refractivity contribution in [1.82, 2.24) is 9.29 Å². The molecule has 1 aromatic heterocycles. The van der Waals surface area contributed by atoms with Gasteiger partial charge >= 0.3 is 10.2 Å². The second-order valence-corrected chi connectivity index (χ2v) is 6.46. The predicted octanol–water partition coefficient (Wildman–Crippen LogP) is 0.751. The molecule has 1 aromatic rings. The van der Waals surface area contributed by atoms with E-state index in [1.165, 1.54) is 4.31 Å². The molecular formula is C12H19N3O3S. The Labute approximate surface area is 113 Å². The van der Waals surface area contributed by atoms with Crippen LogP contribution in [0.4, 0.5) is 5.69 Å². The summed E-state index contributed by atoms with van der Waals surface area (Å²) in [5.41, 5.74) is 1.13. The van der Waals surface area contributed by atoms with Gasteiger partial charge in [0.15, 0.2) is 0 Å². The molecule has 2 heterocycles. The normalized spacial score (nSPS) is 21.3. The number of aliphatic hydroxyl groups is 1. The summed E-state index contributed by atoms with van der Waals surface area (Å²) < 4.78 is 28.5. The van der Waals surface area contributed by atoms with Crippen LogP contribution < -0.4 is 4.72 Å². The third kappa shape index (κ3) is 3.43. The number of rotatable bonds is 4. The summed E-state index contributed by atoms with van der Waals surface area (Å²) >= 11 is 0. The summed E-state index contributed by atoms with van der Waals surface area (Å²) in [4.78, 5) is 4.05. The lowest BCUT2D eigenvalue weighted by Crippen LogP contribution is -2.43. The number of hydrogen-bond acceptors (Lipinski definition) is 4. The van der Waals surface area contributed by atoms with Crippen molar-refractivity contribution >= 4 is 15.9 Å². The lowest BCUT2D eigenvalue weighted by molar-refractivity contribution is 0.166. The van der Waals surface area contributed by atoms with Crippen molar-refractivity contribution in [2.24, 2.45) is 5.92 Å². The highest BCUT2D eigenvalue weighted by atomic mass is 32.2. The van der Waals surface area contributed by atoms with Crippen LogP contribution in [0.3, 0.4) is 0 Å². The molecule has 1 fully saturated rings. The molecule has 0 radical (unpaired) electrons. The van der Waals surface area contributed by atoms with Gasteiger partial charge in [0.05, 0.1) is 11.4 Å². The Morgan fingerprint density at radius 1 is 1.58 bits per heavy atom. The van der Waals surface area contributed by atoms with Crippen LogP contribution in [0.2, 0.25) is 0 Å². The lowest BCUT2D eigenvalue weighted by Gasteiger charge is -2.31. The second kappa shape index (κ2) is 5.85. The van der Waals surface area contributed by atoms with Crippen molar-refractivity contribution in [3.63, 3.8) is 0 Å². The fraction of sp³-hybridized carbons (Fsp3) is 0.583. The van der Waals surface area contributed by atoms with E-state index >= 15 is 0 Å². The van der Waals surface area contributed by atoms with E-state index < -0.39 is 10.2 Å². The monoisotopic (exact) mass is 285 g/mol. The molecule has 1 aliphatic heterocycles. The van der Waals surface area contributed by atoms with Gasteiger partial charge in [0.1, 0.15) is 0 Å². The van der Waals surface area contributed by atoms with Crippen LogP contribution >= 0.6 is 0 Å². The average molecular weight is 285 g/mol. The quantitative estimate of drug-likeness (QED) is 0.855. The molecule has 0 spiro atoms. The van der Waals surface area contributed by atoms with Crippen molar-refractivity contribution in [2.45, 2.75) is 19.8 Å². The highest BCUT2D eigenvalue weighted by Crippen LogP contribution is 2.21. The van der Waals surface area contributed by atoms with Crippen molar-refractivity contribution < 1.29 is 13.5 Å². The van der Waals surface area contributed by atoms with Crippen LogP contribution in [-0.4, -0.2) is 42.5 Å².